The zero-order valence-corrected chi connectivity index (χ0v) is 15.2. The van der Waals surface area contributed by atoms with Crippen LogP contribution in [0.5, 0.6) is 0 Å². The first-order valence-corrected chi connectivity index (χ1v) is 8.43. The average molecular weight is 360 g/mol. The van der Waals surface area contributed by atoms with Gasteiger partial charge in [0.1, 0.15) is 18.0 Å². The number of oxazole rings is 1. The Bertz CT molecular complexity index is 752. The van der Waals surface area contributed by atoms with E-state index in [1.807, 2.05) is 20.8 Å². The lowest BCUT2D eigenvalue weighted by Gasteiger charge is -2.12. The van der Waals surface area contributed by atoms with Crippen molar-refractivity contribution in [3.63, 3.8) is 0 Å². The fraction of sp³-hybridized carbons (Fsp3) is 0.412. The van der Waals surface area contributed by atoms with Crippen LogP contribution in [0.25, 0.3) is 0 Å². The van der Waals surface area contributed by atoms with E-state index in [9.17, 15) is 10.1 Å². The van der Waals surface area contributed by atoms with Gasteiger partial charge in [0.25, 0.3) is 5.69 Å². The van der Waals surface area contributed by atoms with Gasteiger partial charge >= 0.3 is 0 Å². The molecular weight excluding hydrogens is 336 g/mol. The number of benzene rings is 1. The fourth-order valence-corrected chi connectivity index (χ4v) is 2.26. The van der Waals surface area contributed by atoms with Gasteiger partial charge in [-0.2, -0.15) is 0 Å². The lowest BCUT2D eigenvalue weighted by Crippen LogP contribution is -2.39. The molecule has 0 atom stereocenters. The molecule has 1 aromatic heterocycles. The van der Waals surface area contributed by atoms with Crippen molar-refractivity contribution in [2.45, 2.75) is 27.3 Å². The average Bonchev–Trinajstić information content (AvgIpc) is 2.94. The maximum atomic E-state index is 11.0. The molecule has 0 spiro atoms. The molecule has 0 amide bonds. The number of rotatable bonds is 8. The Morgan fingerprint density at radius 2 is 2.04 bits per heavy atom. The molecule has 0 fully saturated rings. The van der Waals surface area contributed by atoms with Crippen LogP contribution in [0.1, 0.15) is 24.3 Å². The Morgan fingerprint density at radius 3 is 2.69 bits per heavy atom. The Labute approximate surface area is 152 Å². The van der Waals surface area contributed by atoms with Crippen LogP contribution in [0.15, 0.2) is 33.7 Å². The number of para-hydroxylation sites is 2. The predicted octanol–water partition coefficient (Wildman–Crippen LogP) is 2.37. The summed E-state index contributed by atoms with van der Waals surface area (Å²) < 4.78 is 5.51. The number of guanidine groups is 1. The fourth-order valence-electron chi connectivity index (χ4n) is 2.26. The van der Waals surface area contributed by atoms with Gasteiger partial charge in [-0.25, -0.2) is 9.98 Å². The van der Waals surface area contributed by atoms with Crippen molar-refractivity contribution in [2.24, 2.45) is 4.99 Å². The number of nitro groups is 1. The van der Waals surface area contributed by atoms with Gasteiger partial charge in [-0.3, -0.25) is 10.1 Å². The molecule has 9 heteroatoms. The van der Waals surface area contributed by atoms with Crippen molar-refractivity contribution in [1.82, 2.24) is 15.6 Å². The van der Waals surface area contributed by atoms with Crippen LogP contribution in [-0.4, -0.2) is 35.5 Å². The van der Waals surface area contributed by atoms with Crippen molar-refractivity contribution < 1.29 is 9.34 Å². The van der Waals surface area contributed by atoms with E-state index >= 15 is 0 Å². The van der Waals surface area contributed by atoms with Gasteiger partial charge < -0.3 is 20.4 Å². The van der Waals surface area contributed by atoms with Gasteiger partial charge in [0.15, 0.2) is 5.96 Å². The van der Waals surface area contributed by atoms with Gasteiger partial charge in [-0.05, 0) is 26.8 Å². The molecule has 26 heavy (non-hydrogen) atoms. The second kappa shape index (κ2) is 9.40. The molecule has 0 aliphatic heterocycles. The third-order valence-electron chi connectivity index (χ3n) is 3.62. The maximum Gasteiger partial charge on any atom is 0.292 e. The summed E-state index contributed by atoms with van der Waals surface area (Å²) in [5, 5.41) is 20.4. The van der Waals surface area contributed by atoms with E-state index in [-0.39, 0.29) is 5.69 Å². The van der Waals surface area contributed by atoms with Gasteiger partial charge in [0, 0.05) is 25.7 Å². The van der Waals surface area contributed by atoms with Gasteiger partial charge in [0.05, 0.1) is 10.6 Å². The standard InChI is InChI=1S/C17H24N6O3/c1-4-18-17(21-11-16-22-12(2)13(3)26-16)20-10-9-19-14-7-5-6-8-15(14)23(24)25/h5-8,19H,4,9-11H2,1-3H3,(H2,18,20,21). The molecule has 3 N–H and O–H groups in total. The number of hydrogen-bond acceptors (Lipinski definition) is 6. The highest BCUT2D eigenvalue weighted by Gasteiger charge is 2.11. The molecule has 0 unspecified atom stereocenters. The molecule has 0 aliphatic carbocycles. The van der Waals surface area contributed by atoms with Crippen LogP contribution in [0.3, 0.4) is 0 Å². The largest absolute Gasteiger partial charge is 0.444 e. The van der Waals surface area contributed by atoms with E-state index in [4.69, 9.17) is 4.42 Å². The molecule has 0 saturated carbocycles. The highest BCUT2D eigenvalue weighted by Crippen LogP contribution is 2.22. The van der Waals surface area contributed by atoms with Crippen molar-refractivity contribution >= 4 is 17.3 Å². The zero-order valence-electron chi connectivity index (χ0n) is 15.2. The summed E-state index contributed by atoms with van der Waals surface area (Å²) in [6.07, 6.45) is 0. The SMILES string of the molecule is CCNC(=NCc1nc(C)c(C)o1)NCCNc1ccccc1[N+](=O)[O-]. The summed E-state index contributed by atoms with van der Waals surface area (Å²) in [5.74, 6) is 1.99. The van der Waals surface area contributed by atoms with Crippen molar-refractivity contribution in [3.8, 4) is 0 Å². The second-order valence-corrected chi connectivity index (χ2v) is 5.57. The van der Waals surface area contributed by atoms with Gasteiger partial charge in [-0.1, -0.05) is 12.1 Å². The van der Waals surface area contributed by atoms with E-state index in [1.54, 1.807) is 18.2 Å². The normalized spacial score (nSPS) is 11.3. The molecule has 1 aromatic carbocycles. The van der Waals surface area contributed by atoms with E-state index < -0.39 is 4.92 Å². The Balaban J connectivity index is 1.86. The first-order chi connectivity index (χ1) is 12.5. The van der Waals surface area contributed by atoms with Gasteiger partial charge in [-0.15, -0.1) is 0 Å². The van der Waals surface area contributed by atoms with E-state index in [1.165, 1.54) is 6.07 Å². The molecule has 2 rings (SSSR count). The lowest BCUT2D eigenvalue weighted by molar-refractivity contribution is -0.384. The number of anilines is 1. The minimum Gasteiger partial charge on any atom is -0.444 e. The molecule has 9 nitrogen and oxygen atoms in total. The third kappa shape index (κ3) is 5.47. The Hall–Kier alpha value is -3.10. The Morgan fingerprint density at radius 1 is 1.27 bits per heavy atom. The molecule has 2 aromatic rings. The Kier molecular flexibility index (Phi) is 6.95. The molecule has 1 heterocycles. The molecule has 140 valence electrons. The minimum atomic E-state index is -0.401. The highest BCUT2D eigenvalue weighted by atomic mass is 16.6. The van der Waals surface area contributed by atoms with Crippen LogP contribution in [-0.2, 0) is 6.54 Å². The molecule has 0 aliphatic rings. The maximum absolute atomic E-state index is 11.0. The van der Waals surface area contributed by atoms with Crippen molar-refractivity contribution in [3.05, 3.63) is 51.7 Å². The number of hydrogen-bond donors (Lipinski definition) is 3. The predicted molar refractivity (Wildman–Crippen MR) is 100 cm³/mol. The molecule has 0 bridgehead atoms. The molecule has 0 saturated heterocycles. The first kappa shape index (κ1) is 19.2. The highest BCUT2D eigenvalue weighted by molar-refractivity contribution is 5.79. The number of aliphatic imine (C=N–C) groups is 1. The van der Waals surface area contributed by atoms with Crippen molar-refractivity contribution in [2.75, 3.05) is 25.0 Å². The monoisotopic (exact) mass is 360 g/mol. The lowest BCUT2D eigenvalue weighted by atomic mass is 10.2. The summed E-state index contributed by atoms with van der Waals surface area (Å²) in [6.45, 7) is 7.84. The van der Waals surface area contributed by atoms with E-state index in [0.29, 0.717) is 43.7 Å². The van der Waals surface area contributed by atoms with E-state index in [2.05, 4.69) is 25.9 Å². The summed E-state index contributed by atoms with van der Waals surface area (Å²) in [5.41, 5.74) is 1.41. The number of nitrogens with zero attached hydrogens (tertiary/aromatic N) is 3. The van der Waals surface area contributed by atoms with Crippen molar-refractivity contribution in [1.29, 1.82) is 0 Å². The summed E-state index contributed by atoms with van der Waals surface area (Å²) in [4.78, 5) is 19.3. The van der Waals surface area contributed by atoms with Crippen LogP contribution >= 0.6 is 0 Å². The number of aromatic nitrogens is 1. The zero-order chi connectivity index (χ0) is 18.9. The van der Waals surface area contributed by atoms with E-state index in [0.717, 1.165) is 11.5 Å². The summed E-state index contributed by atoms with van der Waals surface area (Å²) >= 11 is 0. The minimum absolute atomic E-state index is 0.0581. The number of aryl methyl sites for hydroxylation is 2. The molecule has 0 radical (unpaired) electrons. The molecular formula is C17H24N6O3. The number of nitrogens with one attached hydrogen (secondary N) is 3. The number of nitro benzene ring substituents is 1. The van der Waals surface area contributed by atoms with Crippen LogP contribution in [0, 0.1) is 24.0 Å². The summed E-state index contributed by atoms with van der Waals surface area (Å²) in [6, 6.07) is 6.56. The second-order valence-electron chi connectivity index (χ2n) is 5.57. The summed E-state index contributed by atoms with van der Waals surface area (Å²) in [7, 11) is 0. The first-order valence-electron chi connectivity index (χ1n) is 8.43. The smallest absolute Gasteiger partial charge is 0.292 e. The van der Waals surface area contributed by atoms with Crippen LogP contribution in [0.2, 0.25) is 0 Å². The quantitative estimate of drug-likeness (QED) is 0.217. The van der Waals surface area contributed by atoms with Gasteiger partial charge in [0.2, 0.25) is 5.89 Å². The van der Waals surface area contributed by atoms with Crippen LogP contribution in [0.4, 0.5) is 11.4 Å². The van der Waals surface area contributed by atoms with Crippen LogP contribution < -0.4 is 16.0 Å². The third-order valence-corrected chi connectivity index (χ3v) is 3.62. The topological polar surface area (TPSA) is 118 Å².